The van der Waals surface area contributed by atoms with Gasteiger partial charge < -0.3 is 19.5 Å². The normalized spacial score (nSPS) is 10.9. The molecule has 0 aliphatic heterocycles. The Morgan fingerprint density at radius 1 is 1.00 bits per heavy atom. The Bertz CT molecular complexity index is 1200. The molecule has 0 aliphatic carbocycles. The summed E-state index contributed by atoms with van der Waals surface area (Å²) in [7, 11) is 1.38. The van der Waals surface area contributed by atoms with E-state index >= 15 is 0 Å². The number of carbonyl (C=O) groups excluding carboxylic acids is 2. The van der Waals surface area contributed by atoms with Crippen LogP contribution in [-0.4, -0.2) is 32.1 Å². The second kappa shape index (κ2) is 12.9. The molecule has 8 nitrogen and oxygen atoms in total. The average Bonchev–Trinajstić information content (AvgIpc) is 2.86. The number of nitriles is 2. The summed E-state index contributed by atoms with van der Waals surface area (Å²) < 4.78 is 16.0. The van der Waals surface area contributed by atoms with Gasteiger partial charge in [-0.2, -0.15) is 10.5 Å². The van der Waals surface area contributed by atoms with E-state index in [0.29, 0.717) is 23.5 Å². The second-order valence-corrected chi connectivity index (χ2v) is 6.64. The van der Waals surface area contributed by atoms with Crippen molar-refractivity contribution >= 4 is 24.0 Å². The van der Waals surface area contributed by atoms with Crippen LogP contribution in [0.5, 0.6) is 17.2 Å². The van der Waals surface area contributed by atoms with E-state index in [4.69, 9.17) is 14.2 Å². The zero-order valence-electron chi connectivity index (χ0n) is 18.8. The minimum atomic E-state index is -0.862. The summed E-state index contributed by atoms with van der Waals surface area (Å²) in [6.45, 7) is 6.13. The van der Waals surface area contributed by atoms with Gasteiger partial charge in [-0.1, -0.05) is 24.3 Å². The number of carbonyl (C=O) groups is 2. The first-order valence-corrected chi connectivity index (χ1v) is 10.2. The molecule has 2 aromatic rings. The SMILES string of the molecule is C=CCNC(=O)C(C#N)=Cc1ccc(OC(=O)C(C#N)=Cc2ccc(OCC)cc2)c(OC)c1. The molecule has 0 saturated heterocycles. The van der Waals surface area contributed by atoms with Gasteiger partial charge in [-0.3, -0.25) is 4.79 Å². The maximum Gasteiger partial charge on any atom is 0.354 e. The minimum Gasteiger partial charge on any atom is -0.494 e. The number of benzene rings is 2. The van der Waals surface area contributed by atoms with Gasteiger partial charge in [-0.25, -0.2) is 4.79 Å². The number of esters is 1. The maximum absolute atomic E-state index is 12.6. The Kier molecular flexibility index (Phi) is 9.65. The van der Waals surface area contributed by atoms with E-state index in [-0.39, 0.29) is 29.2 Å². The van der Waals surface area contributed by atoms with Crippen molar-refractivity contribution < 1.29 is 23.8 Å². The van der Waals surface area contributed by atoms with Gasteiger partial charge in [-0.05, 0) is 54.5 Å². The van der Waals surface area contributed by atoms with Crippen molar-refractivity contribution in [3.05, 3.63) is 77.4 Å². The van der Waals surface area contributed by atoms with Crippen molar-refractivity contribution in [3.63, 3.8) is 0 Å². The first-order valence-electron chi connectivity index (χ1n) is 10.2. The first kappa shape index (κ1) is 25.4. The van der Waals surface area contributed by atoms with Crippen LogP contribution in [0.2, 0.25) is 0 Å². The van der Waals surface area contributed by atoms with Gasteiger partial charge in [-0.15, -0.1) is 6.58 Å². The second-order valence-electron chi connectivity index (χ2n) is 6.64. The van der Waals surface area contributed by atoms with E-state index < -0.39 is 11.9 Å². The maximum atomic E-state index is 12.6. The van der Waals surface area contributed by atoms with Gasteiger partial charge in [0, 0.05) is 6.54 Å². The standard InChI is InChI=1S/C26H23N3O5/c1-4-12-29-25(30)20(16-27)14-19-8-11-23(24(15-19)32-3)34-26(31)21(17-28)13-18-6-9-22(10-7-18)33-5-2/h4,6-11,13-15H,1,5,12H2,2-3H3,(H,29,30). The molecule has 1 N–H and O–H groups in total. The van der Waals surface area contributed by atoms with Crippen molar-refractivity contribution in [1.29, 1.82) is 10.5 Å². The predicted molar refractivity (Wildman–Crippen MR) is 127 cm³/mol. The quantitative estimate of drug-likeness (QED) is 0.189. The van der Waals surface area contributed by atoms with E-state index in [2.05, 4.69) is 11.9 Å². The molecule has 172 valence electrons. The molecular weight excluding hydrogens is 434 g/mol. The topological polar surface area (TPSA) is 121 Å². The molecule has 8 heteroatoms. The zero-order valence-corrected chi connectivity index (χ0v) is 18.8. The largest absolute Gasteiger partial charge is 0.494 e. The third-order valence-corrected chi connectivity index (χ3v) is 4.32. The fraction of sp³-hybridized carbons (Fsp3) is 0.154. The Morgan fingerprint density at radius 2 is 1.65 bits per heavy atom. The molecule has 1 amide bonds. The van der Waals surface area contributed by atoms with Crippen LogP contribution in [0.1, 0.15) is 18.1 Å². The number of hydrogen-bond acceptors (Lipinski definition) is 7. The molecule has 34 heavy (non-hydrogen) atoms. The first-order chi connectivity index (χ1) is 16.4. The Labute approximate surface area is 198 Å². The van der Waals surface area contributed by atoms with Crippen LogP contribution in [0.25, 0.3) is 12.2 Å². The monoisotopic (exact) mass is 457 g/mol. The number of ether oxygens (including phenoxy) is 3. The zero-order chi connectivity index (χ0) is 24.9. The van der Waals surface area contributed by atoms with Crippen molar-refractivity contribution in [2.24, 2.45) is 0 Å². The van der Waals surface area contributed by atoms with E-state index in [0.717, 1.165) is 0 Å². The molecule has 0 bridgehead atoms. The average molecular weight is 457 g/mol. The van der Waals surface area contributed by atoms with E-state index in [1.54, 1.807) is 30.3 Å². The van der Waals surface area contributed by atoms with Gasteiger partial charge in [0.1, 0.15) is 29.0 Å². The predicted octanol–water partition coefficient (Wildman–Crippen LogP) is 3.82. The van der Waals surface area contributed by atoms with Crippen LogP contribution in [0, 0.1) is 22.7 Å². The lowest BCUT2D eigenvalue weighted by atomic mass is 10.1. The van der Waals surface area contributed by atoms with Gasteiger partial charge in [0.05, 0.1) is 13.7 Å². The van der Waals surface area contributed by atoms with Crippen LogP contribution in [0.3, 0.4) is 0 Å². The molecule has 0 atom stereocenters. The van der Waals surface area contributed by atoms with E-state index in [1.807, 2.05) is 19.1 Å². The molecule has 2 rings (SSSR count). The minimum absolute atomic E-state index is 0.0760. The van der Waals surface area contributed by atoms with Gasteiger partial charge in [0.25, 0.3) is 5.91 Å². The van der Waals surface area contributed by atoms with Gasteiger partial charge in [0.2, 0.25) is 0 Å². The molecule has 0 aromatic heterocycles. The molecule has 0 radical (unpaired) electrons. The van der Waals surface area contributed by atoms with Crippen LogP contribution in [0.4, 0.5) is 0 Å². The number of methoxy groups -OCH3 is 1. The highest BCUT2D eigenvalue weighted by atomic mass is 16.6. The summed E-state index contributed by atoms with van der Waals surface area (Å²) in [6.07, 6.45) is 4.28. The summed E-state index contributed by atoms with van der Waals surface area (Å²) >= 11 is 0. The Hall–Kier alpha value is -4.82. The fourth-order valence-corrected chi connectivity index (χ4v) is 2.72. The number of rotatable bonds is 10. The van der Waals surface area contributed by atoms with E-state index in [1.165, 1.54) is 37.5 Å². The fourth-order valence-electron chi connectivity index (χ4n) is 2.72. The van der Waals surface area contributed by atoms with Crippen molar-refractivity contribution in [3.8, 4) is 29.4 Å². The Balaban J connectivity index is 2.23. The molecule has 0 unspecified atom stereocenters. The van der Waals surface area contributed by atoms with Crippen molar-refractivity contribution in [2.75, 3.05) is 20.3 Å². The van der Waals surface area contributed by atoms with Crippen LogP contribution in [0.15, 0.2) is 66.3 Å². The summed E-state index contributed by atoms with van der Waals surface area (Å²) in [5, 5.41) is 21.2. The molecular formula is C26H23N3O5. The summed E-state index contributed by atoms with van der Waals surface area (Å²) in [5.74, 6) is -0.469. The third kappa shape index (κ3) is 7.11. The number of amides is 1. The molecule has 2 aromatic carbocycles. The highest BCUT2D eigenvalue weighted by Crippen LogP contribution is 2.30. The third-order valence-electron chi connectivity index (χ3n) is 4.32. The molecule has 0 heterocycles. The van der Waals surface area contributed by atoms with Gasteiger partial charge >= 0.3 is 5.97 Å². The molecule has 0 aliphatic rings. The van der Waals surface area contributed by atoms with E-state index in [9.17, 15) is 20.1 Å². The lowest BCUT2D eigenvalue weighted by Gasteiger charge is -2.10. The smallest absolute Gasteiger partial charge is 0.354 e. The number of hydrogen-bond donors (Lipinski definition) is 1. The molecule has 0 fully saturated rings. The van der Waals surface area contributed by atoms with Crippen LogP contribution >= 0.6 is 0 Å². The van der Waals surface area contributed by atoms with Crippen molar-refractivity contribution in [2.45, 2.75) is 6.92 Å². The van der Waals surface area contributed by atoms with Crippen LogP contribution in [-0.2, 0) is 9.59 Å². The number of nitrogens with zero attached hydrogens (tertiary/aromatic N) is 2. The highest BCUT2D eigenvalue weighted by Gasteiger charge is 2.16. The molecule has 0 spiro atoms. The Morgan fingerprint density at radius 3 is 2.24 bits per heavy atom. The summed E-state index contributed by atoms with van der Waals surface area (Å²) in [4.78, 5) is 24.6. The number of nitrogens with one attached hydrogen (secondary N) is 1. The van der Waals surface area contributed by atoms with Crippen LogP contribution < -0.4 is 19.5 Å². The van der Waals surface area contributed by atoms with Gasteiger partial charge in [0.15, 0.2) is 11.5 Å². The lowest BCUT2D eigenvalue weighted by Crippen LogP contribution is -2.24. The summed E-state index contributed by atoms with van der Waals surface area (Å²) in [5.41, 5.74) is 0.787. The molecule has 0 saturated carbocycles. The lowest BCUT2D eigenvalue weighted by molar-refractivity contribution is -0.129. The van der Waals surface area contributed by atoms with Crippen molar-refractivity contribution in [1.82, 2.24) is 5.32 Å². The highest BCUT2D eigenvalue weighted by molar-refractivity contribution is 6.02. The summed E-state index contributed by atoms with van der Waals surface area (Å²) in [6, 6.07) is 15.1.